The van der Waals surface area contributed by atoms with Crippen LogP contribution in [0.4, 0.5) is 0 Å². The Labute approximate surface area is 107 Å². The van der Waals surface area contributed by atoms with Crippen LogP contribution in [0, 0.1) is 0 Å². The van der Waals surface area contributed by atoms with Crippen LogP contribution in [0.3, 0.4) is 0 Å². The molecule has 0 radical (unpaired) electrons. The van der Waals surface area contributed by atoms with Gasteiger partial charge in [-0.3, -0.25) is 3.89 Å². The Kier molecular flexibility index (Phi) is 8.04. The SMILES string of the molecule is CS(=O)(=O)[O-].C[N+]1(SCCS)CCOCC1. The molecule has 1 rings (SSSR count). The van der Waals surface area contributed by atoms with Crippen LogP contribution in [0.5, 0.6) is 0 Å². The molecular weight excluding hydrogens is 270 g/mol. The molecule has 98 valence electrons. The summed E-state index contributed by atoms with van der Waals surface area (Å²) in [5, 5.41) is 0. The van der Waals surface area contributed by atoms with Crippen LogP contribution in [0.1, 0.15) is 0 Å². The number of thiol groups is 1. The van der Waals surface area contributed by atoms with Crippen LogP contribution in [-0.2, 0) is 14.9 Å². The van der Waals surface area contributed by atoms with Crippen molar-refractivity contribution in [2.45, 2.75) is 0 Å². The number of quaternary nitrogens is 1. The first-order chi connectivity index (χ1) is 7.27. The predicted octanol–water partition coefficient (Wildman–Crippen LogP) is 0.203. The van der Waals surface area contributed by atoms with Crippen molar-refractivity contribution >= 4 is 34.7 Å². The summed E-state index contributed by atoms with van der Waals surface area (Å²) in [4.78, 5) is 0. The van der Waals surface area contributed by atoms with E-state index in [1.165, 1.54) is 0 Å². The van der Waals surface area contributed by atoms with Gasteiger partial charge >= 0.3 is 0 Å². The van der Waals surface area contributed by atoms with Crippen molar-refractivity contribution in [3.63, 3.8) is 0 Å². The maximum atomic E-state index is 9.08. The number of hydrogen-bond donors (Lipinski definition) is 1. The molecule has 0 aromatic carbocycles. The second kappa shape index (κ2) is 7.78. The third-order valence-electron chi connectivity index (χ3n) is 1.91. The van der Waals surface area contributed by atoms with Gasteiger partial charge in [-0.25, -0.2) is 8.42 Å². The number of nitrogens with zero attached hydrogens (tertiary/aromatic N) is 1. The summed E-state index contributed by atoms with van der Waals surface area (Å²) in [5.74, 6) is 2.11. The van der Waals surface area contributed by atoms with E-state index in [9.17, 15) is 0 Å². The molecule has 0 N–H and O–H groups in total. The number of likely N-dealkylation sites (N-methyl/N-ethyl adjacent to an activating group) is 1. The van der Waals surface area contributed by atoms with Gasteiger partial charge in [0, 0.05) is 12.0 Å². The van der Waals surface area contributed by atoms with Gasteiger partial charge in [-0.2, -0.15) is 12.6 Å². The van der Waals surface area contributed by atoms with Gasteiger partial charge in [0.2, 0.25) is 0 Å². The lowest BCUT2D eigenvalue weighted by molar-refractivity contribution is -0.784. The molecule has 16 heavy (non-hydrogen) atoms. The van der Waals surface area contributed by atoms with Crippen molar-refractivity contribution in [1.29, 1.82) is 0 Å². The van der Waals surface area contributed by atoms with Crippen LogP contribution in [0.2, 0.25) is 0 Å². The van der Waals surface area contributed by atoms with E-state index < -0.39 is 10.1 Å². The molecule has 0 atom stereocenters. The van der Waals surface area contributed by atoms with E-state index in [1.54, 1.807) is 0 Å². The highest BCUT2D eigenvalue weighted by Crippen LogP contribution is 2.21. The molecule has 5 nitrogen and oxygen atoms in total. The molecule has 0 amide bonds. The summed E-state index contributed by atoms with van der Waals surface area (Å²) in [6.07, 6.45) is 0.604. The first-order valence-corrected chi connectivity index (χ1v) is 8.24. The van der Waals surface area contributed by atoms with Crippen LogP contribution < -0.4 is 0 Å². The lowest BCUT2D eigenvalue weighted by atomic mass is 10.5. The van der Waals surface area contributed by atoms with Gasteiger partial charge in [0.25, 0.3) is 0 Å². The zero-order chi connectivity index (χ0) is 12.7. The molecule has 0 bridgehead atoms. The van der Waals surface area contributed by atoms with E-state index in [2.05, 4.69) is 19.7 Å². The molecule has 1 aliphatic heterocycles. The zero-order valence-electron chi connectivity index (χ0n) is 9.59. The molecule has 1 saturated heterocycles. The quantitative estimate of drug-likeness (QED) is 0.348. The highest BCUT2D eigenvalue weighted by atomic mass is 32.2. The molecule has 1 fully saturated rings. The van der Waals surface area contributed by atoms with Crippen molar-refractivity contribution in [1.82, 2.24) is 0 Å². The van der Waals surface area contributed by atoms with Gasteiger partial charge in [0.15, 0.2) is 0 Å². The van der Waals surface area contributed by atoms with E-state index in [4.69, 9.17) is 17.7 Å². The summed E-state index contributed by atoms with van der Waals surface area (Å²) in [6.45, 7) is 4.10. The Bertz CT molecular complexity index is 267. The van der Waals surface area contributed by atoms with Crippen LogP contribution in [0.25, 0.3) is 0 Å². The minimum absolute atomic E-state index is 0.604. The van der Waals surface area contributed by atoms with E-state index in [-0.39, 0.29) is 0 Å². The molecule has 1 heterocycles. The minimum atomic E-state index is -3.92. The summed E-state index contributed by atoms with van der Waals surface area (Å²) >= 11 is 6.18. The maximum absolute atomic E-state index is 9.08. The maximum Gasteiger partial charge on any atom is 0.113 e. The molecule has 0 unspecified atom stereocenters. The molecular formula is C8H19NO4S3. The second-order valence-electron chi connectivity index (χ2n) is 3.62. The van der Waals surface area contributed by atoms with Crippen molar-refractivity contribution in [3.8, 4) is 0 Å². The lowest BCUT2D eigenvalue weighted by Crippen LogP contribution is -2.46. The summed E-state index contributed by atoms with van der Waals surface area (Å²) in [5.41, 5.74) is 0. The summed E-state index contributed by atoms with van der Waals surface area (Å²) in [6, 6.07) is 0. The van der Waals surface area contributed by atoms with Crippen LogP contribution >= 0.6 is 24.6 Å². The normalized spacial score (nSPS) is 19.8. The Morgan fingerprint density at radius 3 is 2.25 bits per heavy atom. The molecule has 0 aromatic rings. The Hall–Kier alpha value is 0.530. The van der Waals surface area contributed by atoms with E-state index in [0.717, 1.165) is 41.7 Å². The minimum Gasteiger partial charge on any atom is -0.748 e. The van der Waals surface area contributed by atoms with Gasteiger partial charge in [-0.15, -0.1) is 0 Å². The van der Waals surface area contributed by atoms with Gasteiger partial charge in [0.05, 0.1) is 48.1 Å². The third-order valence-corrected chi connectivity index (χ3v) is 3.81. The summed E-state index contributed by atoms with van der Waals surface area (Å²) in [7, 11) is -1.64. The molecule has 0 aromatic heterocycles. The first-order valence-electron chi connectivity index (χ1n) is 4.85. The van der Waals surface area contributed by atoms with E-state index in [0.29, 0.717) is 6.26 Å². The highest BCUT2D eigenvalue weighted by molar-refractivity contribution is 7.94. The molecule has 0 aliphatic carbocycles. The van der Waals surface area contributed by atoms with Crippen LogP contribution in [0.15, 0.2) is 0 Å². The Morgan fingerprint density at radius 1 is 1.44 bits per heavy atom. The van der Waals surface area contributed by atoms with Gasteiger partial charge in [0.1, 0.15) is 13.1 Å². The average Bonchev–Trinajstić information content (AvgIpc) is 2.13. The van der Waals surface area contributed by atoms with Crippen molar-refractivity contribution in [3.05, 3.63) is 0 Å². The van der Waals surface area contributed by atoms with E-state index in [1.807, 2.05) is 11.9 Å². The fraction of sp³-hybridized carbons (Fsp3) is 1.00. The zero-order valence-corrected chi connectivity index (χ0v) is 12.1. The number of hydrogen-bond acceptors (Lipinski definition) is 6. The highest BCUT2D eigenvalue weighted by Gasteiger charge is 2.26. The van der Waals surface area contributed by atoms with Crippen LogP contribution in [-0.4, -0.2) is 68.0 Å². The molecule has 0 saturated carbocycles. The topological polar surface area (TPSA) is 66.4 Å². The smallest absolute Gasteiger partial charge is 0.113 e. The standard InChI is InChI=1S/C7H15NOS2.CH4O3S/c1-8(11-7-6-10)2-4-9-5-3-8;1-5(2,3)4/h2-7H2,1H3;1H3,(H,2,3,4). The average molecular weight is 289 g/mol. The van der Waals surface area contributed by atoms with E-state index >= 15 is 0 Å². The Balaban J connectivity index is 0.000000385. The molecule has 0 spiro atoms. The van der Waals surface area contributed by atoms with Crippen molar-refractivity contribution < 1.29 is 21.6 Å². The Morgan fingerprint density at radius 2 is 1.88 bits per heavy atom. The van der Waals surface area contributed by atoms with Crippen molar-refractivity contribution in [2.75, 3.05) is 51.1 Å². The number of ether oxygens (including phenoxy) is 1. The third kappa shape index (κ3) is 11.0. The number of rotatable bonds is 3. The molecule has 1 aliphatic rings. The fourth-order valence-electron chi connectivity index (χ4n) is 1.12. The second-order valence-corrected chi connectivity index (χ2v) is 7.02. The fourth-order valence-corrected chi connectivity index (χ4v) is 2.29. The first kappa shape index (κ1) is 16.5. The van der Waals surface area contributed by atoms with Gasteiger partial charge in [-0.05, 0) is 0 Å². The van der Waals surface area contributed by atoms with Gasteiger partial charge in [-0.1, -0.05) is 0 Å². The van der Waals surface area contributed by atoms with Gasteiger partial charge < -0.3 is 9.29 Å². The monoisotopic (exact) mass is 289 g/mol. The summed E-state index contributed by atoms with van der Waals surface area (Å²) < 4.78 is 33.6. The molecule has 8 heteroatoms. The largest absolute Gasteiger partial charge is 0.748 e. The predicted molar refractivity (Wildman–Crippen MR) is 68.7 cm³/mol. The number of morpholine rings is 1. The van der Waals surface area contributed by atoms with Crippen molar-refractivity contribution in [2.24, 2.45) is 0 Å². The lowest BCUT2D eigenvalue weighted by Gasteiger charge is -2.34.